The molecule has 0 aliphatic rings. The smallest absolute Gasteiger partial charge is 0.343 e. The van der Waals surface area contributed by atoms with Gasteiger partial charge >= 0.3 is 11.9 Å². The predicted molar refractivity (Wildman–Crippen MR) is 104 cm³/mol. The van der Waals surface area contributed by atoms with Gasteiger partial charge in [0, 0.05) is 13.0 Å². The number of carbonyl (C=O) groups is 3. The van der Waals surface area contributed by atoms with Crippen LogP contribution in [0.3, 0.4) is 0 Å². The third-order valence-electron chi connectivity index (χ3n) is 3.70. The summed E-state index contributed by atoms with van der Waals surface area (Å²) in [6.45, 7) is 1.34. The average molecular weight is 375 g/mol. The Morgan fingerprint density at radius 1 is 0.714 bits per heavy atom. The highest BCUT2D eigenvalue weighted by Crippen LogP contribution is 2.30. The van der Waals surface area contributed by atoms with Crippen LogP contribution in [-0.4, -0.2) is 17.8 Å². The molecular weight excluding hydrogens is 358 g/mol. The second-order valence-corrected chi connectivity index (χ2v) is 5.85. The maximum Gasteiger partial charge on any atom is 0.343 e. The summed E-state index contributed by atoms with van der Waals surface area (Å²) in [5, 5.41) is 2.59. The van der Waals surface area contributed by atoms with E-state index in [1.165, 1.54) is 25.1 Å². The lowest BCUT2D eigenvalue weighted by molar-refractivity contribution is -0.114. The van der Waals surface area contributed by atoms with Gasteiger partial charge in [-0.3, -0.25) is 4.79 Å². The van der Waals surface area contributed by atoms with Crippen LogP contribution in [0.5, 0.6) is 11.5 Å². The first kappa shape index (κ1) is 18.8. The molecule has 3 aromatic rings. The van der Waals surface area contributed by atoms with Crippen molar-refractivity contribution in [3.05, 3.63) is 90.0 Å². The van der Waals surface area contributed by atoms with E-state index >= 15 is 0 Å². The van der Waals surface area contributed by atoms with Crippen molar-refractivity contribution in [1.82, 2.24) is 0 Å². The van der Waals surface area contributed by atoms with Gasteiger partial charge in [0.15, 0.2) is 5.75 Å². The second kappa shape index (κ2) is 8.64. The van der Waals surface area contributed by atoms with Gasteiger partial charge in [-0.15, -0.1) is 0 Å². The van der Waals surface area contributed by atoms with Crippen LogP contribution in [0.1, 0.15) is 27.6 Å². The molecule has 0 saturated carbocycles. The van der Waals surface area contributed by atoms with Crippen LogP contribution in [0.15, 0.2) is 78.9 Å². The topological polar surface area (TPSA) is 81.7 Å². The quantitative estimate of drug-likeness (QED) is 0.537. The van der Waals surface area contributed by atoms with Crippen LogP contribution in [0.4, 0.5) is 5.69 Å². The summed E-state index contributed by atoms with van der Waals surface area (Å²) < 4.78 is 10.8. The van der Waals surface area contributed by atoms with Gasteiger partial charge in [-0.05, 0) is 36.4 Å². The number of hydrogen-bond acceptors (Lipinski definition) is 5. The van der Waals surface area contributed by atoms with E-state index in [9.17, 15) is 14.4 Å². The maximum atomic E-state index is 12.4. The third kappa shape index (κ3) is 4.82. The number of rotatable bonds is 5. The molecule has 0 atom stereocenters. The van der Waals surface area contributed by atoms with E-state index in [1.807, 2.05) is 0 Å². The highest BCUT2D eigenvalue weighted by atomic mass is 16.5. The number of benzene rings is 3. The molecule has 0 bridgehead atoms. The van der Waals surface area contributed by atoms with Gasteiger partial charge < -0.3 is 14.8 Å². The van der Waals surface area contributed by atoms with Gasteiger partial charge in [-0.2, -0.15) is 0 Å². The Bertz CT molecular complexity index is 1000. The van der Waals surface area contributed by atoms with Crippen LogP contribution < -0.4 is 14.8 Å². The molecule has 0 heterocycles. The van der Waals surface area contributed by atoms with Gasteiger partial charge in [0.2, 0.25) is 5.91 Å². The molecule has 0 aromatic heterocycles. The fourth-order valence-corrected chi connectivity index (χ4v) is 2.42. The highest BCUT2D eigenvalue weighted by molar-refractivity contribution is 5.95. The summed E-state index contributed by atoms with van der Waals surface area (Å²) in [6.07, 6.45) is 0. The molecule has 6 heteroatoms. The SMILES string of the molecule is CC(=O)Nc1ccc(OC(=O)c2ccccc2)cc1OC(=O)c1ccccc1. The van der Waals surface area contributed by atoms with Crippen molar-refractivity contribution in [3.8, 4) is 11.5 Å². The average Bonchev–Trinajstić information content (AvgIpc) is 2.71. The minimum Gasteiger partial charge on any atom is -0.423 e. The molecule has 3 aromatic carbocycles. The lowest BCUT2D eigenvalue weighted by Gasteiger charge is -2.12. The number of ether oxygens (including phenoxy) is 2. The van der Waals surface area contributed by atoms with E-state index in [4.69, 9.17) is 9.47 Å². The van der Waals surface area contributed by atoms with E-state index < -0.39 is 11.9 Å². The molecule has 0 aliphatic heterocycles. The molecule has 28 heavy (non-hydrogen) atoms. The number of hydrogen-bond donors (Lipinski definition) is 1. The fourth-order valence-electron chi connectivity index (χ4n) is 2.42. The zero-order chi connectivity index (χ0) is 19.9. The number of nitrogens with one attached hydrogen (secondary N) is 1. The number of anilines is 1. The zero-order valence-electron chi connectivity index (χ0n) is 15.0. The first-order chi connectivity index (χ1) is 13.5. The van der Waals surface area contributed by atoms with Crippen molar-refractivity contribution in [2.75, 3.05) is 5.32 Å². The van der Waals surface area contributed by atoms with Crippen LogP contribution in [0.2, 0.25) is 0 Å². The number of carbonyl (C=O) groups excluding carboxylic acids is 3. The third-order valence-corrected chi connectivity index (χ3v) is 3.70. The van der Waals surface area contributed by atoms with Crippen molar-refractivity contribution in [2.24, 2.45) is 0 Å². The minimum absolute atomic E-state index is 0.0717. The Morgan fingerprint density at radius 3 is 1.79 bits per heavy atom. The van der Waals surface area contributed by atoms with Gasteiger partial charge in [-0.1, -0.05) is 36.4 Å². The lowest BCUT2D eigenvalue weighted by atomic mass is 10.2. The zero-order valence-corrected chi connectivity index (χ0v) is 15.0. The van der Waals surface area contributed by atoms with Crippen molar-refractivity contribution in [2.45, 2.75) is 6.92 Å². The fraction of sp³-hybridized carbons (Fsp3) is 0.0455. The van der Waals surface area contributed by atoms with Crippen molar-refractivity contribution >= 4 is 23.5 Å². The van der Waals surface area contributed by atoms with E-state index in [1.54, 1.807) is 60.7 Å². The molecular formula is C22H17NO5. The maximum absolute atomic E-state index is 12.4. The van der Waals surface area contributed by atoms with Crippen molar-refractivity contribution in [1.29, 1.82) is 0 Å². The Balaban J connectivity index is 1.85. The Morgan fingerprint density at radius 2 is 1.25 bits per heavy atom. The number of esters is 2. The van der Waals surface area contributed by atoms with Crippen LogP contribution in [-0.2, 0) is 4.79 Å². The summed E-state index contributed by atoms with van der Waals surface area (Å²) in [4.78, 5) is 36.0. The van der Waals surface area contributed by atoms with Crippen LogP contribution in [0.25, 0.3) is 0 Å². The summed E-state index contributed by atoms with van der Waals surface area (Å²) in [6, 6.07) is 21.3. The van der Waals surface area contributed by atoms with E-state index in [0.717, 1.165) is 0 Å². The number of amides is 1. The van der Waals surface area contributed by atoms with E-state index in [-0.39, 0.29) is 23.1 Å². The van der Waals surface area contributed by atoms with Crippen LogP contribution >= 0.6 is 0 Å². The normalized spacial score (nSPS) is 10.0. The summed E-state index contributed by atoms with van der Waals surface area (Å²) in [7, 11) is 0. The summed E-state index contributed by atoms with van der Waals surface area (Å²) in [5.41, 5.74) is 1.02. The Kier molecular flexibility index (Phi) is 5.81. The monoisotopic (exact) mass is 375 g/mol. The molecule has 140 valence electrons. The molecule has 0 unspecified atom stereocenters. The first-order valence-corrected chi connectivity index (χ1v) is 8.49. The van der Waals surface area contributed by atoms with Crippen molar-refractivity contribution < 1.29 is 23.9 Å². The Labute approximate surface area is 161 Å². The Hall–Kier alpha value is -3.93. The predicted octanol–water partition coefficient (Wildman–Crippen LogP) is 4.08. The van der Waals surface area contributed by atoms with Gasteiger partial charge in [-0.25, -0.2) is 9.59 Å². The van der Waals surface area contributed by atoms with E-state index in [2.05, 4.69) is 5.32 Å². The summed E-state index contributed by atoms with van der Waals surface area (Å²) >= 11 is 0. The molecule has 3 rings (SSSR count). The standard InChI is InChI=1S/C22H17NO5/c1-15(24)23-19-13-12-18(27-21(25)16-8-4-2-5-9-16)14-20(19)28-22(26)17-10-6-3-7-11-17/h2-14H,1H3,(H,23,24). The van der Waals surface area contributed by atoms with Crippen LogP contribution in [0, 0.1) is 0 Å². The molecule has 0 spiro atoms. The second-order valence-electron chi connectivity index (χ2n) is 5.85. The molecule has 1 amide bonds. The minimum atomic E-state index is -0.598. The highest BCUT2D eigenvalue weighted by Gasteiger charge is 2.15. The van der Waals surface area contributed by atoms with Gasteiger partial charge in [0.1, 0.15) is 5.75 Å². The summed E-state index contributed by atoms with van der Waals surface area (Å²) in [5.74, 6) is -1.22. The van der Waals surface area contributed by atoms with E-state index in [0.29, 0.717) is 11.1 Å². The largest absolute Gasteiger partial charge is 0.423 e. The molecule has 0 fully saturated rings. The first-order valence-electron chi connectivity index (χ1n) is 8.49. The molecule has 1 N–H and O–H groups in total. The molecule has 0 radical (unpaired) electrons. The van der Waals surface area contributed by atoms with Gasteiger partial charge in [0.25, 0.3) is 0 Å². The molecule has 0 saturated heterocycles. The molecule has 0 aliphatic carbocycles. The van der Waals surface area contributed by atoms with Gasteiger partial charge in [0.05, 0.1) is 16.8 Å². The lowest BCUT2D eigenvalue weighted by Crippen LogP contribution is -2.13. The van der Waals surface area contributed by atoms with Crippen molar-refractivity contribution in [3.63, 3.8) is 0 Å². The molecule has 6 nitrogen and oxygen atoms in total.